The van der Waals surface area contributed by atoms with Gasteiger partial charge in [-0.15, -0.1) is 0 Å². The Balaban J connectivity index is 2.92. The minimum atomic E-state index is -4.41. The maximum atomic E-state index is 12.8. The minimum Gasteiger partial charge on any atom is -0.318 e. The first kappa shape index (κ1) is 14.6. The Morgan fingerprint density at radius 3 is 2.15 bits per heavy atom. The molecule has 0 spiro atoms. The fourth-order valence-electron chi connectivity index (χ4n) is 2.24. The van der Waals surface area contributed by atoms with Crippen LogP contribution in [0, 0.1) is 0 Å². The van der Waals surface area contributed by atoms with Crippen LogP contribution in [0.4, 0.5) is 13.2 Å². The lowest BCUT2D eigenvalue weighted by atomic mass is 9.84. The van der Waals surface area contributed by atoms with E-state index in [2.05, 4.69) is 0 Å². The molecular weight excluding hydrogens is 267 g/mol. The summed E-state index contributed by atoms with van der Waals surface area (Å²) in [6, 6.07) is 3.28. The second kappa shape index (κ2) is 4.36. The van der Waals surface area contributed by atoms with E-state index < -0.39 is 11.7 Å². The molecule has 1 aromatic carbocycles. The molecule has 2 rings (SSSR count). The summed E-state index contributed by atoms with van der Waals surface area (Å²) in [7, 11) is 1.61. The molecular formula is C15H16F3NO. The lowest BCUT2D eigenvalue weighted by molar-refractivity contribution is -0.137. The van der Waals surface area contributed by atoms with Crippen LogP contribution in [0.15, 0.2) is 29.2 Å². The number of aryl methyl sites for hydroxylation is 1. The van der Waals surface area contributed by atoms with Gasteiger partial charge in [-0.05, 0) is 34.6 Å². The Kier molecular flexibility index (Phi) is 3.19. The predicted molar refractivity (Wildman–Crippen MR) is 72.9 cm³/mol. The Bertz CT molecular complexity index is 721. The van der Waals surface area contributed by atoms with E-state index in [4.69, 9.17) is 0 Å². The van der Waals surface area contributed by atoms with Gasteiger partial charge in [0.15, 0.2) is 0 Å². The van der Waals surface area contributed by atoms with Gasteiger partial charge >= 0.3 is 6.18 Å². The summed E-state index contributed by atoms with van der Waals surface area (Å²) in [5.74, 6) is 0. The highest BCUT2D eigenvalue weighted by atomic mass is 19.4. The molecule has 0 amide bonds. The lowest BCUT2D eigenvalue weighted by Crippen LogP contribution is -2.22. The van der Waals surface area contributed by atoms with E-state index in [1.54, 1.807) is 13.2 Å². The number of benzene rings is 1. The standard InChI is InChI=1S/C15H16F3NO/c1-14(2,3)12-8-19(4)13(20)10-6-5-9(7-11(10)12)15(16,17)18/h5-8H,1-4H3. The van der Waals surface area contributed by atoms with Crippen molar-refractivity contribution in [3.8, 4) is 0 Å². The SMILES string of the molecule is Cn1cc(C(C)(C)C)c2cc(C(F)(F)F)ccc2c1=O. The first-order valence-corrected chi connectivity index (χ1v) is 6.23. The number of hydrogen-bond acceptors (Lipinski definition) is 1. The normalized spacial score (nSPS) is 12.9. The topological polar surface area (TPSA) is 22.0 Å². The molecule has 0 aliphatic rings. The van der Waals surface area contributed by atoms with Gasteiger partial charge in [0, 0.05) is 18.6 Å². The Labute approximate surface area is 114 Å². The van der Waals surface area contributed by atoms with Gasteiger partial charge in [-0.1, -0.05) is 20.8 Å². The molecule has 20 heavy (non-hydrogen) atoms. The van der Waals surface area contributed by atoms with Gasteiger partial charge in [-0.2, -0.15) is 13.2 Å². The minimum absolute atomic E-state index is 0.290. The Morgan fingerprint density at radius 2 is 1.65 bits per heavy atom. The van der Waals surface area contributed by atoms with E-state index in [1.807, 2.05) is 20.8 Å². The highest BCUT2D eigenvalue weighted by Gasteiger charge is 2.31. The fraction of sp³-hybridized carbons (Fsp3) is 0.400. The quantitative estimate of drug-likeness (QED) is 0.719. The molecule has 0 saturated carbocycles. The second-order valence-corrected chi connectivity index (χ2v) is 5.97. The number of alkyl halides is 3. The van der Waals surface area contributed by atoms with Crippen LogP contribution >= 0.6 is 0 Å². The third-order valence-electron chi connectivity index (χ3n) is 3.32. The van der Waals surface area contributed by atoms with Gasteiger partial charge in [0.05, 0.1) is 5.56 Å². The van der Waals surface area contributed by atoms with Crippen LogP contribution < -0.4 is 5.56 Å². The molecule has 0 unspecified atom stereocenters. The number of hydrogen-bond donors (Lipinski definition) is 0. The van der Waals surface area contributed by atoms with Gasteiger partial charge in [0.25, 0.3) is 5.56 Å². The second-order valence-electron chi connectivity index (χ2n) is 5.97. The largest absolute Gasteiger partial charge is 0.416 e. The highest BCUT2D eigenvalue weighted by Crippen LogP contribution is 2.34. The van der Waals surface area contributed by atoms with E-state index in [9.17, 15) is 18.0 Å². The summed E-state index contributed by atoms with van der Waals surface area (Å²) in [5, 5.41) is 0.684. The van der Waals surface area contributed by atoms with Crippen molar-refractivity contribution in [1.82, 2.24) is 4.57 Å². The van der Waals surface area contributed by atoms with Crippen LogP contribution in [0.25, 0.3) is 10.8 Å². The van der Waals surface area contributed by atoms with E-state index >= 15 is 0 Å². The molecule has 0 fully saturated rings. The van der Waals surface area contributed by atoms with Gasteiger partial charge in [-0.3, -0.25) is 4.79 Å². The first-order chi connectivity index (χ1) is 9.01. The van der Waals surface area contributed by atoms with Crippen molar-refractivity contribution in [2.45, 2.75) is 32.4 Å². The molecule has 0 radical (unpaired) electrons. The summed E-state index contributed by atoms with van der Waals surface area (Å²) in [6.07, 6.45) is -2.80. The summed E-state index contributed by atoms with van der Waals surface area (Å²) in [4.78, 5) is 12.1. The number of halogens is 3. The molecule has 2 aromatic rings. The van der Waals surface area contributed by atoms with Crippen LogP contribution in [0.2, 0.25) is 0 Å². The Morgan fingerprint density at radius 1 is 1.05 bits per heavy atom. The first-order valence-electron chi connectivity index (χ1n) is 6.23. The zero-order chi connectivity index (χ0) is 15.3. The summed E-state index contributed by atoms with van der Waals surface area (Å²) >= 11 is 0. The van der Waals surface area contributed by atoms with Crippen molar-refractivity contribution in [3.63, 3.8) is 0 Å². The molecule has 0 N–H and O–H groups in total. The number of rotatable bonds is 0. The highest BCUT2D eigenvalue weighted by molar-refractivity contribution is 5.86. The van der Waals surface area contributed by atoms with Gasteiger partial charge in [0.2, 0.25) is 0 Å². The number of fused-ring (bicyclic) bond motifs is 1. The zero-order valence-electron chi connectivity index (χ0n) is 11.8. The summed E-state index contributed by atoms with van der Waals surface area (Å²) in [6.45, 7) is 5.73. The zero-order valence-corrected chi connectivity index (χ0v) is 11.8. The average Bonchev–Trinajstić information content (AvgIpc) is 2.30. The molecule has 5 heteroatoms. The third kappa shape index (κ3) is 2.44. The van der Waals surface area contributed by atoms with Gasteiger partial charge in [-0.25, -0.2) is 0 Å². The van der Waals surface area contributed by atoms with Crippen molar-refractivity contribution in [2.24, 2.45) is 7.05 Å². The van der Waals surface area contributed by atoms with E-state index in [1.165, 1.54) is 10.6 Å². The number of nitrogens with zero attached hydrogens (tertiary/aromatic N) is 1. The molecule has 0 bridgehead atoms. The third-order valence-corrected chi connectivity index (χ3v) is 3.32. The van der Waals surface area contributed by atoms with Gasteiger partial charge < -0.3 is 4.57 Å². The van der Waals surface area contributed by atoms with Crippen molar-refractivity contribution < 1.29 is 13.2 Å². The maximum absolute atomic E-state index is 12.8. The molecule has 0 saturated heterocycles. The van der Waals surface area contributed by atoms with E-state index in [0.717, 1.165) is 17.7 Å². The molecule has 2 nitrogen and oxygen atoms in total. The van der Waals surface area contributed by atoms with Crippen LogP contribution in [-0.2, 0) is 18.6 Å². The van der Waals surface area contributed by atoms with E-state index in [0.29, 0.717) is 10.8 Å². The number of aromatic nitrogens is 1. The molecule has 0 aliphatic carbocycles. The Hall–Kier alpha value is -1.78. The van der Waals surface area contributed by atoms with Crippen molar-refractivity contribution >= 4 is 10.8 Å². The van der Waals surface area contributed by atoms with Crippen LogP contribution in [0.1, 0.15) is 31.9 Å². The number of pyridine rings is 1. The van der Waals surface area contributed by atoms with Crippen LogP contribution in [0.5, 0.6) is 0 Å². The predicted octanol–water partition coefficient (Wildman–Crippen LogP) is 3.85. The summed E-state index contributed by atoms with van der Waals surface area (Å²) < 4.78 is 39.9. The molecule has 108 valence electrons. The fourth-order valence-corrected chi connectivity index (χ4v) is 2.24. The molecule has 0 atom stereocenters. The van der Waals surface area contributed by atoms with Crippen molar-refractivity contribution in [3.05, 3.63) is 45.9 Å². The smallest absolute Gasteiger partial charge is 0.318 e. The molecule has 1 heterocycles. The van der Waals surface area contributed by atoms with Crippen LogP contribution in [0.3, 0.4) is 0 Å². The van der Waals surface area contributed by atoms with E-state index in [-0.39, 0.29) is 11.0 Å². The van der Waals surface area contributed by atoms with Crippen molar-refractivity contribution in [1.29, 1.82) is 0 Å². The van der Waals surface area contributed by atoms with Gasteiger partial charge in [0.1, 0.15) is 0 Å². The summed E-state index contributed by atoms with van der Waals surface area (Å²) in [5.41, 5.74) is -0.653. The molecule has 1 aromatic heterocycles. The monoisotopic (exact) mass is 283 g/mol. The molecule has 0 aliphatic heterocycles. The van der Waals surface area contributed by atoms with Crippen molar-refractivity contribution in [2.75, 3.05) is 0 Å². The maximum Gasteiger partial charge on any atom is 0.416 e. The van der Waals surface area contributed by atoms with Crippen LogP contribution in [-0.4, -0.2) is 4.57 Å². The average molecular weight is 283 g/mol. The lowest BCUT2D eigenvalue weighted by Gasteiger charge is -2.22.